The van der Waals surface area contributed by atoms with Crippen LogP contribution in [-0.2, 0) is 4.79 Å². The summed E-state index contributed by atoms with van der Waals surface area (Å²) in [5.41, 5.74) is 1.23. The summed E-state index contributed by atoms with van der Waals surface area (Å²) in [7, 11) is 0. The van der Waals surface area contributed by atoms with Crippen LogP contribution in [0.3, 0.4) is 0 Å². The Hall–Kier alpha value is -1.52. The Bertz CT molecular complexity index is 405. The second-order valence-corrected chi connectivity index (χ2v) is 5.65. The van der Waals surface area contributed by atoms with Crippen LogP contribution in [0.2, 0.25) is 0 Å². The van der Waals surface area contributed by atoms with Crippen molar-refractivity contribution in [1.29, 1.82) is 0 Å². The van der Waals surface area contributed by atoms with Crippen molar-refractivity contribution in [1.82, 2.24) is 9.80 Å². The van der Waals surface area contributed by atoms with Crippen LogP contribution in [0.1, 0.15) is 33.1 Å². The lowest BCUT2D eigenvalue weighted by atomic mass is 9.92. The zero-order valence-electron chi connectivity index (χ0n) is 11.6. The van der Waals surface area contributed by atoms with Crippen LogP contribution >= 0.6 is 0 Å². The third-order valence-corrected chi connectivity index (χ3v) is 4.07. The molecule has 1 N–H and O–H groups in total. The number of urea groups is 1. The molecule has 2 atom stereocenters. The van der Waals surface area contributed by atoms with Gasteiger partial charge in [-0.05, 0) is 33.1 Å². The summed E-state index contributed by atoms with van der Waals surface area (Å²) < 4.78 is 0. The molecule has 0 aromatic carbocycles. The van der Waals surface area contributed by atoms with Crippen LogP contribution in [0.5, 0.6) is 0 Å². The zero-order chi connectivity index (χ0) is 14.0. The number of aliphatic carboxylic acids is 1. The van der Waals surface area contributed by atoms with E-state index >= 15 is 0 Å². The smallest absolute Gasteiger partial charge is 0.320 e. The first kappa shape index (κ1) is 13.9. The predicted molar refractivity (Wildman–Crippen MR) is 71.9 cm³/mol. The van der Waals surface area contributed by atoms with Gasteiger partial charge in [0.05, 0.1) is 5.92 Å². The number of likely N-dealkylation sites (tertiary alicyclic amines) is 1. The lowest BCUT2D eigenvalue weighted by molar-refractivity contribution is -0.143. The zero-order valence-corrected chi connectivity index (χ0v) is 11.6. The number of nitrogens with zero attached hydrogens (tertiary/aromatic N) is 2. The van der Waals surface area contributed by atoms with Crippen LogP contribution in [0.15, 0.2) is 11.6 Å². The Morgan fingerprint density at radius 1 is 1.37 bits per heavy atom. The number of amides is 2. The van der Waals surface area contributed by atoms with Gasteiger partial charge < -0.3 is 14.9 Å². The van der Waals surface area contributed by atoms with Gasteiger partial charge in [0, 0.05) is 25.7 Å². The van der Waals surface area contributed by atoms with E-state index < -0.39 is 5.97 Å². The molecule has 2 unspecified atom stereocenters. The van der Waals surface area contributed by atoms with Crippen LogP contribution in [0.4, 0.5) is 4.79 Å². The topological polar surface area (TPSA) is 60.9 Å². The van der Waals surface area contributed by atoms with Crippen LogP contribution < -0.4 is 0 Å². The van der Waals surface area contributed by atoms with E-state index in [1.54, 1.807) is 0 Å². The van der Waals surface area contributed by atoms with E-state index in [0.29, 0.717) is 25.9 Å². The molecule has 0 aromatic heterocycles. The number of rotatable bonds is 1. The number of piperidine rings is 1. The highest BCUT2D eigenvalue weighted by atomic mass is 16.4. The molecular formula is C14H22N2O3. The van der Waals surface area contributed by atoms with E-state index in [0.717, 1.165) is 13.0 Å². The van der Waals surface area contributed by atoms with Crippen molar-refractivity contribution < 1.29 is 14.7 Å². The van der Waals surface area contributed by atoms with Crippen molar-refractivity contribution in [3.8, 4) is 0 Å². The molecule has 0 bridgehead atoms. The van der Waals surface area contributed by atoms with Gasteiger partial charge in [0.2, 0.25) is 0 Å². The van der Waals surface area contributed by atoms with E-state index in [4.69, 9.17) is 5.11 Å². The Morgan fingerprint density at radius 2 is 2.11 bits per heavy atom. The highest BCUT2D eigenvalue weighted by molar-refractivity contribution is 5.76. The molecule has 2 aliphatic heterocycles. The monoisotopic (exact) mass is 266 g/mol. The van der Waals surface area contributed by atoms with Gasteiger partial charge in [0.1, 0.15) is 0 Å². The molecule has 1 fully saturated rings. The Balaban J connectivity index is 1.97. The van der Waals surface area contributed by atoms with Crippen molar-refractivity contribution in [2.24, 2.45) is 5.92 Å². The largest absolute Gasteiger partial charge is 0.481 e. The fourth-order valence-electron chi connectivity index (χ4n) is 2.94. The standard InChI is InChI=1S/C14H22N2O3/c1-10-4-3-6-15(9-10)14(19)16-7-5-12(13(17)18)8-11(16)2/h4,11-12H,3,5-9H2,1-2H3,(H,17,18). The first-order chi connectivity index (χ1) is 8.99. The molecule has 5 heteroatoms. The van der Waals surface area contributed by atoms with Crippen LogP contribution in [0.25, 0.3) is 0 Å². The maximum Gasteiger partial charge on any atom is 0.320 e. The summed E-state index contributed by atoms with van der Waals surface area (Å²) in [6.07, 6.45) is 4.21. The summed E-state index contributed by atoms with van der Waals surface area (Å²) in [6.45, 7) is 6.00. The van der Waals surface area contributed by atoms with Gasteiger partial charge >= 0.3 is 12.0 Å². The minimum atomic E-state index is -0.740. The van der Waals surface area contributed by atoms with E-state index in [-0.39, 0.29) is 18.0 Å². The summed E-state index contributed by atoms with van der Waals surface area (Å²) in [6, 6.07) is 0.0670. The molecule has 0 saturated carbocycles. The van der Waals surface area contributed by atoms with Gasteiger partial charge in [-0.3, -0.25) is 4.79 Å². The number of hydrogen-bond acceptors (Lipinski definition) is 2. The van der Waals surface area contributed by atoms with Crippen LogP contribution in [0, 0.1) is 5.92 Å². The number of carbonyl (C=O) groups excluding carboxylic acids is 1. The van der Waals surface area contributed by atoms with Crippen LogP contribution in [-0.4, -0.2) is 52.6 Å². The van der Waals surface area contributed by atoms with E-state index in [1.807, 2.05) is 23.6 Å². The minimum Gasteiger partial charge on any atom is -0.481 e. The van der Waals surface area contributed by atoms with Crippen molar-refractivity contribution in [3.05, 3.63) is 11.6 Å². The quantitative estimate of drug-likeness (QED) is 0.738. The summed E-state index contributed by atoms with van der Waals surface area (Å²) in [4.78, 5) is 27.2. The molecular weight excluding hydrogens is 244 g/mol. The minimum absolute atomic E-state index is 0.00793. The predicted octanol–water partition coefficient (Wildman–Crippen LogP) is 1.94. The average Bonchev–Trinajstić information content (AvgIpc) is 2.37. The molecule has 2 aliphatic rings. The second-order valence-electron chi connectivity index (χ2n) is 5.65. The molecule has 0 aliphatic carbocycles. The SMILES string of the molecule is CC1=CCCN(C(=O)N2CCC(C(=O)O)CC2C)C1. The second kappa shape index (κ2) is 5.63. The lowest BCUT2D eigenvalue weighted by Crippen LogP contribution is -2.52. The molecule has 19 heavy (non-hydrogen) atoms. The number of carboxylic acid groups (broad SMARTS) is 1. The van der Waals surface area contributed by atoms with E-state index in [2.05, 4.69) is 6.08 Å². The third-order valence-electron chi connectivity index (χ3n) is 4.07. The molecule has 5 nitrogen and oxygen atoms in total. The molecule has 0 radical (unpaired) electrons. The van der Waals surface area contributed by atoms with E-state index in [1.165, 1.54) is 5.57 Å². The fraction of sp³-hybridized carbons (Fsp3) is 0.714. The maximum atomic E-state index is 12.5. The normalized spacial score (nSPS) is 28.0. The van der Waals surface area contributed by atoms with Crippen molar-refractivity contribution in [2.45, 2.75) is 39.2 Å². The fourth-order valence-corrected chi connectivity index (χ4v) is 2.94. The molecule has 2 heterocycles. The van der Waals surface area contributed by atoms with Gasteiger partial charge in [-0.2, -0.15) is 0 Å². The maximum absolute atomic E-state index is 12.5. The first-order valence-corrected chi connectivity index (χ1v) is 6.93. The van der Waals surface area contributed by atoms with Gasteiger partial charge in [0.15, 0.2) is 0 Å². The summed E-state index contributed by atoms with van der Waals surface area (Å²) in [5, 5.41) is 9.04. The number of carboxylic acids is 1. The van der Waals surface area contributed by atoms with Gasteiger partial charge in [0.25, 0.3) is 0 Å². The summed E-state index contributed by atoms with van der Waals surface area (Å²) in [5.74, 6) is -1.04. The molecule has 1 saturated heterocycles. The molecule has 2 amide bonds. The Labute approximate surface area is 113 Å². The van der Waals surface area contributed by atoms with Crippen molar-refractivity contribution in [2.75, 3.05) is 19.6 Å². The van der Waals surface area contributed by atoms with Gasteiger partial charge in [-0.15, -0.1) is 0 Å². The molecule has 106 valence electrons. The lowest BCUT2D eigenvalue weighted by Gasteiger charge is -2.40. The average molecular weight is 266 g/mol. The highest BCUT2D eigenvalue weighted by Crippen LogP contribution is 2.24. The van der Waals surface area contributed by atoms with E-state index in [9.17, 15) is 9.59 Å². The Kier molecular flexibility index (Phi) is 4.12. The van der Waals surface area contributed by atoms with Crippen molar-refractivity contribution >= 4 is 12.0 Å². The van der Waals surface area contributed by atoms with Gasteiger partial charge in [-0.25, -0.2) is 4.79 Å². The first-order valence-electron chi connectivity index (χ1n) is 6.93. The Morgan fingerprint density at radius 3 is 2.68 bits per heavy atom. The molecule has 0 aromatic rings. The van der Waals surface area contributed by atoms with Gasteiger partial charge in [-0.1, -0.05) is 11.6 Å². The highest BCUT2D eigenvalue weighted by Gasteiger charge is 2.34. The molecule has 0 spiro atoms. The number of carbonyl (C=O) groups is 2. The summed E-state index contributed by atoms with van der Waals surface area (Å²) >= 11 is 0. The number of hydrogen-bond donors (Lipinski definition) is 1. The third kappa shape index (κ3) is 3.08. The molecule has 2 rings (SSSR count). The van der Waals surface area contributed by atoms with Crippen molar-refractivity contribution in [3.63, 3.8) is 0 Å².